The summed E-state index contributed by atoms with van der Waals surface area (Å²) in [5.41, 5.74) is 7.69. The first-order valence-electron chi connectivity index (χ1n) is 7.82. The van der Waals surface area contributed by atoms with E-state index in [4.69, 9.17) is 5.73 Å². The summed E-state index contributed by atoms with van der Waals surface area (Å²) in [4.78, 5) is 4.57. The van der Waals surface area contributed by atoms with Gasteiger partial charge >= 0.3 is 0 Å². The van der Waals surface area contributed by atoms with E-state index >= 15 is 0 Å². The number of nitrogens with zero attached hydrogens (tertiary/aromatic N) is 1. The highest BCUT2D eigenvalue weighted by Crippen LogP contribution is 2.43. The minimum atomic E-state index is 0.346. The number of hydrogen-bond acceptors (Lipinski definition) is 1. The van der Waals surface area contributed by atoms with Crippen LogP contribution in [0.2, 0.25) is 0 Å². The van der Waals surface area contributed by atoms with Crippen molar-refractivity contribution in [1.82, 2.24) is 5.32 Å². The third-order valence-corrected chi connectivity index (χ3v) is 4.26. The van der Waals surface area contributed by atoms with E-state index in [1.165, 1.54) is 31.2 Å². The van der Waals surface area contributed by atoms with E-state index in [0.29, 0.717) is 11.4 Å². The predicted octanol–water partition coefficient (Wildman–Crippen LogP) is 3.10. The first-order valence-corrected chi connectivity index (χ1v) is 7.82. The van der Waals surface area contributed by atoms with Crippen LogP contribution in [0.4, 0.5) is 0 Å². The average molecular weight is 273 g/mol. The molecule has 20 heavy (non-hydrogen) atoms. The number of hydrogen-bond donors (Lipinski definition) is 2. The van der Waals surface area contributed by atoms with Crippen molar-refractivity contribution in [2.75, 3.05) is 13.1 Å². The minimum Gasteiger partial charge on any atom is -0.370 e. The first kappa shape index (κ1) is 14.9. The SMILES string of the molecule is CCCCNC(N)=NCC1(Cc2ccccc2)CCC1. The molecule has 0 heterocycles. The molecule has 1 aromatic rings. The van der Waals surface area contributed by atoms with Crippen molar-refractivity contribution in [1.29, 1.82) is 0 Å². The molecular formula is C17H27N3. The Morgan fingerprint density at radius 2 is 2.05 bits per heavy atom. The molecule has 1 aliphatic rings. The van der Waals surface area contributed by atoms with Gasteiger partial charge in [-0.2, -0.15) is 0 Å². The molecule has 0 aliphatic heterocycles. The van der Waals surface area contributed by atoms with Gasteiger partial charge in [-0.05, 0) is 36.7 Å². The monoisotopic (exact) mass is 273 g/mol. The molecule has 1 aliphatic carbocycles. The average Bonchev–Trinajstić information content (AvgIpc) is 2.43. The van der Waals surface area contributed by atoms with Gasteiger partial charge in [0.25, 0.3) is 0 Å². The Morgan fingerprint density at radius 1 is 1.30 bits per heavy atom. The van der Waals surface area contributed by atoms with Gasteiger partial charge in [0.1, 0.15) is 0 Å². The van der Waals surface area contributed by atoms with Crippen LogP contribution in [0.15, 0.2) is 35.3 Å². The van der Waals surface area contributed by atoms with Gasteiger partial charge in [0, 0.05) is 13.1 Å². The largest absolute Gasteiger partial charge is 0.370 e. The Balaban J connectivity index is 1.86. The minimum absolute atomic E-state index is 0.346. The lowest BCUT2D eigenvalue weighted by Crippen LogP contribution is -2.38. The van der Waals surface area contributed by atoms with Crippen molar-refractivity contribution in [2.45, 2.75) is 45.4 Å². The Hall–Kier alpha value is -1.51. The maximum Gasteiger partial charge on any atom is 0.188 e. The van der Waals surface area contributed by atoms with E-state index in [-0.39, 0.29) is 0 Å². The van der Waals surface area contributed by atoms with Crippen molar-refractivity contribution < 1.29 is 0 Å². The molecule has 1 fully saturated rings. The summed E-state index contributed by atoms with van der Waals surface area (Å²) in [6.07, 6.45) is 7.32. The topological polar surface area (TPSA) is 50.4 Å². The maximum absolute atomic E-state index is 5.93. The van der Waals surface area contributed by atoms with Crippen molar-refractivity contribution in [3.8, 4) is 0 Å². The van der Waals surface area contributed by atoms with E-state index in [2.05, 4.69) is 47.6 Å². The lowest BCUT2D eigenvalue weighted by molar-refractivity contribution is 0.145. The van der Waals surface area contributed by atoms with E-state index < -0.39 is 0 Å². The third kappa shape index (κ3) is 4.26. The van der Waals surface area contributed by atoms with E-state index in [1.807, 2.05) is 0 Å². The summed E-state index contributed by atoms with van der Waals surface area (Å²) >= 11 is 0. The fraction of sp³-hybridized carbons (Fsp3) is 0.588. The van der Waals surface area contributed by atoms with Crippen LogP contribution in [0.1, 0.15) is 44.6 Å². The van der Waals surface area contributed by atoms with Gasteiger partial charge < -0.3 is 11.1 Å². The molecule has 3 heteroatoms. The van der Waals surface area contributed by atoms with Gasteiger partial charge in [-0.3, -0.25) is 4.99 Å². The van der Waals surface area contributed by atoms with Crippen LogP contribution < -0.4 is 11.1 Å². The first-order chi connectivity index (χ1) is 9.74. The summed E-state index contributed by atoms with van der Waals surface area (Å²) in [5.74, 6) is 0.609. The highest BCUT2D eigenvalue weighted by atomic mass is 15.1. The van der Waals surface area contributed by atoms with Crippen LogP contribution in [0.3, 0.4) is 0 Å². The van der Waals surface area contributed by atoms with Gasteiger partial charge in [-0.1, -0.05) is 50.1 Å². The summed E-state index contributed by atoms with van der Waals surface area (Å²) in [5, 5.41) is 3.20. The Kier molecular flexibility index (Phi) is 5.45. The van der Waals surface area contributed by atoms with E-state index in [1.54, 1.807) is 0 Å². The molecule has 0 radical (unpaired) electrons. The maximum atomic E-state index is 5.93. The quantitative estimate of drug-likeness (QED) is 0.455. The van der Waals surface area contributed by atoms with Crippen LogP contribution in [0.25, 0.3) is 0 Å². The zero-order chi connectivity index (χ0) is 14.3. The molecule has 1 aromatic carbocycles. The molecule has 0 spiro atoms. The number of unbranched alkanes of at least 4 members (excludes halogenated alkanes) is 1. The van der Waals surface area contributed by atoms with Gasteiger partial charge in [0.15, 0.2) is 5.96 Å². The van der Waals surface area contributed by atoms with E-state index in [9.17, 15) is 0 Å². The smallest absolute Gasteiger partial charge is 0.188 e. The van der Waals surface area contributed by atoms with E-state index in [0.717, 1.165) is 25.9 Å². The van der Waals surface area contributed by atoms with Crippen LogP contribution in [-0.4, -0.2) is 19.0 Å². The predicted molar refractivity (Wildman–Crippen MR) is 85.8 cm³/mol. The molecule has 3 nitrogen and oxygen atoms in total. The molecule has 0 atom stereocenters. The second kappa shape index (κ2) is 7.32. The van der Waals surface area contributed by atoms with Crippen LogP contribution in [0, 0.1) is 5.41 Å². The van der Waals surface area contributed by atoms with Gasteiger partial charge in [-0.25, -0.2) is 0 Å². The Bertz CT molecular complexity index is 421. The van der Waals surface area contributed by atoms with Crippen molar-refractivity contribution >= 4 is 5.96 Å². The third-order valence-electron chi connectivity index (χ3n) is 4.26. The summed E-state index contributed by atoms with van der Waals surface area (Å²) < 4.78 is 0. The van der Waals surface area contributed by atoms with Crippen molar-refractivity contribution in [3.63, 3.8) is 0 Å². The van der Waals surface area contributed by atoms with Crippen molar-refractivity contribution in [3.05, 3.63) is 35.9 Å². The van der Waals surface area contributed by atoms with Gasteiger partial charge in [0.05, 0.1) is 0 Å². The molecule has 2 rings (SSSR count). The number of benzene rings is 1. The summed E-state index contributed by atoms with van der Waals surface area (Å²) in [7, 11) is 0. The molecule has 0 bridgehead atoms. The highest BCUT2D eigenvalue weighted by molar-refractivity contribution is 5.77. The molecule has 1 saturated carbocycles. The zero-order valence-electron chi connectivity index (χ0n) is 12.6. The second-order valence-corrected chi connectivity index (χ2v) is 6.00. The molecule has 110 valence electrons. The second-order valence-electron chi connectivity index (χ2n) is 6.00. The Morgan fingerprint density at radius 3 is 2.65 bits per heavy atom. The lowest BCUT2D eigenvalue weighted by atomic mass is 9.65. The standard InChI is InChI=1S/C17H27N3/c1-2-3-12-19-16(18)20-14-17(10-7-11-17)13-15-8-5-4-6-9-15/h4-6,8-9H,2-3,7,10-14H2,1H3,(H3,18,19,20). The fourth-order valence-electron chi connectivity index (χ4n) is 2.80. The number of guanidine groups is 1. The number of nitrogens with one attached hydrogen (secondary N) is 1. The molecule has 0 unspecified atom stereocenters. The number of nitrogens with two attached hydrogens (primary N) is 1. The fourth-order valence-corrected chi connectivity index (χ4v) is 2.80. The van der Waals surface area contributed by atoms with Crippen LogP contribution >= 0.6 is 0 Å². The Labute approximate surface area is 122 Å². The summed E-state index contributed by atoms with van der Waals surface area (Å²) in [6, 6.07) is 10.7. The lowest BCUT2D eigenvalue weighted by Gasteiger charge is -2.41. The summed E-state index contributed by atoms with van der Waals surface area (Å²) in [6.45, 7) is 3.96. The normalized spacial score (nSPS) is 17.6. The van der Waals surface area contributed by atoms with Crippen LogP contribution in [0.5, 0.6) is 0 Å². The zero-order valence-corrected chi connectivity index (χ0v) is 12.6. The molecule has 3 N–H and O–H groups in total. The number of rotatable bonds is 7. The van der Waals surface area contributed by atoms with Crippen molar-refractivity contribution in [2.24, 2.45) is 16.1 Å². The van der Waals surface area contributed by atoms with Crippen LogP contribution in [-0.2, 0) is 6.42 Å². The van der Waals surface area contributed by atoms with Gasteiger partial charge in [-0.15, -0.1) is 0 Å². The number of aliphatic imine (C=N–C) groups is 1. The molecule has 0 aromatic heterocycles. The molecule has 0 saturated heterocycles. The molecule has 0 amide bonds. The van der Waals surface area contributed by atoms with Gasteiger partial charge in [0.2, 0.25) is 0 Å². The molecular weight excluding hydrogens is 246 g/mol. The highest BCUT2D eigenvalue weighted by Gasteiger charge is 2.36.